The van der Waals surface area contributed by atoms with Crippen LogP contribution in [0.3, 0.4) is 0 Å². The number of H-pyrrole nitrogens is 1. The molecule has 0 aliphatic carbocycles. The fraction of sp³-hybridized carbons (Fsp3) is 0.308. The largest absolute Gasteiger partial charge is 0.368 e. The zero-order chi connectivity index (χ0) is 28.1. The number of thioether (sulfide) groups is 1. The molecule has 0 spiro atoms. The summed E-state index contributed by atoms with van der Waals surface area (Å²) in [5.41, 5.74) is 7.05. The summed E-state index contributed by atoms with van der Waals surface area (Å²) in [6.45, 7) is 0.0283. The molecule has 39 heavy (non-hydrogen) atoms. The van der Waals surface area contributed by atoms with Crippen molar-refractivity contribution in [2.24, 2.45) is 5.73 Å². The maximum atomic E-state index is 13.9. The third-order valence-corrected chi connectivity index (χ3v) is 7.00. The van der Waals surface area contributed by atoms with Gasteiger partial charge in [0, 0.05) is 36.1 Å². The number of urea groups is 1. The van der Waals surface area contributed by atoms with Gasteiger partial charge in [0.2, 0.25) is 17.7 Å². The number of carbonyl (C=O) groups is 4. The number of halogens is 2. The highest BCUT2D eigenvalue weighted by Crippen LogP contribution is 2.22. The van der Waals surface area contributed by atoms with E-state index in [2.05, 4.69) is 20.9 Å². The lowest BCUT2D eigenvalue weighted by molar-refractivity contribution is -0.137. The lowest BCUT2D eigenvalue weighted by Crippen LogP contribution is -2.53. The molecule has 13 heteroatoms. The van der Waals surface area contributed by atoms with E-state index in [1.165, 1.54) is 16.7 Å². The van der Waals surface area contributed by atoms with Crippen LogP contribution in [-0.2, 0) is 20.8 Å². The Morgan fingerprint density at radius 3 is 2.67 bits per heavy atom. The zero-order valence-electron chi connectivity index (χ0n) is 21.0. The monoisotopic (exact) mass is 558 g/mol. The molecule has 3 atom stereocenters. The fourth-order valence-corrected chi connectivity index (χ4v) is 5.03. The van der Waals surface area contributed by atoms with Gasteiger partial charge in [-0.1, -0.05) is 18.2 Å². The first-order valence-corrected chi connectivity index (χ1v) is 13.5. The molecule has 4 rings (SSSR count). The fourth-order valence-electron chi connectivity index (χ4n) is 4.62. The van der Waals surface area contributed by atoms with E-state index in [0.29, 0.717) is 6.07 Å². The van der Waals surface area contributed by atoms with Gasteiger partial charge in [-0.3, -0.25) is 14.4 Å². The smallest absolute Gasteiger partial charge is 0.319 e. The first-order chi connectivity index (χ1) is 18.7. The second kappa shape index (κ2) is 12.2. The van der Waals surface area contributed by atoms with Crippen molar-refractivity contribution in [1.29, 1.82) is 0 Å². The number of carbonyl (C=O) groups excluding carboxylic acids is 4. The van der Waals surface area contributed by atoms with Crippen LogP contribution in [0.25, 0.3) is 10.9 Å². The topological polar surface area (TPSA) is 149 Å². The Labute approximate surface area is 227 Å². The van der Waals surface area contributed by atoms with Crippen LogP contribution in [0.15, 0.2) is 48.7 Å². The number of primary amides is 1. The number of fused-ring (bicyclic) bond motifs is 1. The number of hydrogen-bond acceptors (Lipinski definition) is 5. The van der Waals surface area contributed by atoms with Gasteiger partial charge in [0.15, 0.2) is 0 Å². The minimum atomic E-state index is -1.04. The summed E-state index contributed by atoms with van der Waals surface area (Å²) >= 11 is 1.28. The molecule has 1 fully saturated rings. The molecule has 3 aromatic rings. The molecule has 2 heterocycles. The Kier molecular flexibility index (Phi) is 8.69. The van der Waals surface area contributed by atoms with Gasteiger partial charge in [-0.2, -0.15) is 11.8 Å². The molecule has 0 unspecified atom stereocenters. The molecule has 1 saturated heterocycles. The number of aromatic nitrogens is 1. The summed E-state index contributed by atoms with van der Waals surface area (Å²) in [7, 11) is 0. The number of para-hydroxylation sites is 1. The van der Waals surface area contributed by atoms with Crippen LogP contribution >= 0.6 is 11.8 Å². The van der Waals surface area contributed by atoms with Gasteiger partial charge in [0.25, 0.3) is 0 Å². The molecule has 0 bridgehead atoms. The van der Waals surface area contributed by atoms with Crippen molar-refractivity contribution in [3.63, 3.8) is 0 Å². The second-order valence-corrected chi connectivity index (χ2v) is 10.0. The SMILES string of the molecule is CSCC(=O)N1C[C@@H](NC(=O)Nc2ccc(F)cc2F)C[C@H]1C(=O)N[C@H](Cc1c[nH]c2ccccc12)C(N)=O. The van der Waals surface area contributed by atoms with Crippen LogP contribution in [0, 0.1) is 11.6 Å². The molecule has 0 radical (unpaired) electrons. The maximum Gasteiger partial charge on any atom is 0.319 e. The number of benzene rings is 2. The Bertz CT molecular complexity index is 1400. The zero-order valence-corrected chi connectivity index (χ0v) is 21.8. The van der Waals surface area contributed by atoms with E-state index in [-0.39, 0.29) is 36.7 Å². The van der Waals surface area contributed by atoms with Crippen LogP contribution in [0.2, 0.25) is 0 Å². The average molecular weight is 559 g/mol. The third kappa shape index (κ3) is 6.66. The Morgan fingerprint density at radius 2 is 1.95 bits per heavy atom. The number of nitrogens with one attached hydrogen (secondary N) is 4. The van der Waals surface area contributed by atoms with Crippen LogP contribution < -0.4 is 21.7 Å². The van der Waals surface area contributed by atoms with E-state index >= 15 is 0 Å². The molecule has 0 saturated carbocycles. The highest BCUT2D eigenvalue weighted by Gasteiger charge is 2.41. The normalized spacial score (nSPS) is 17.6. The lowest BCUT2D eigenvalue weighted by atomic mass is 10.0. The third-order valence-electron chi connectivity index (χ3n) is 6.47. The molecule has 6 N–H and O–H groups in total. The van der Waals surface area contributed by atoms with Crippen LogP contribution in [0.5, 0.6) is 0 Å². The summed E-state index contributed by atoms with van der Waals surface area (Å²) < 4.78 is 27.1. The van der Waals surface area contributed by atoms with Crippen molar-refractivity contribution in [2.75, 3.05) is 23.9 Å². The number of nitrogens with zero attached hydrogens (tertiary/aromatic N) is 1. The minimum absolute atomic E-state index is 0.0283. The molecular formula is C26H28F2N6O4S. The summed E-state index contributed by atoms with van der Waals surface area (Å²) in [6.07, 6.45) is 3.70. The summed E-state index contributed by atoms with van der Waals surface area (Å²) in [6, 6.07) is 6.81. The van der Waals surface area contributed by atoms with Crippen molar-refractivity contribution >= 4 is 52.1 Å². The molecule has 1 aliphatic rings. The quantitative estimate of drug-likeness (QED) is 0.273. The highest BCUT2D eigenvalue weighted by molar-refractivity contribution is 7.99. The highest BCUT2D eigenvalue weighted by atomic mass is 32.2. The number of likely N-dealkylation sites (tertiary alicyclic amines) is 1. The average Bonchev–Trinajstić information content (AvgIpc) is 3.50. The van der Waals surface area contributed by atoms with Crippen molar-refractivity contribution in [3.05, 3.63) is 65.9 Å². The number of nitrogens with two attached hydrogens (primary N) is 1. The van der Waals surface area contributed by atoms with Crippen LogP contribution in [-0.4, -0.2) is 70.3 Å². The number of rotatable bonds is 9. The first kappa shape index (κ1) is 27.9. The Balaban J connectivity index is 1.45. The van der Waals surface area contributed by atoms with Crippen LogP contribution in [0.4, 0.5) is 19.3 Å². The maximum absolute atomic E-state index is 13.9. The van der Waals surface area contributed by atoms with E-state index in [0.717, 1.165) is 28.6 Å². The summed E-state index contributed by atoms with van der Waals surface area (Å²) in [4.78, 5) is 55.3. The predicted molar refractivity (Wildman–Crippen MR) is 144 cm³/mol. The van der Waals surface area contributed by atoms with Gasteiger partial charge in [-0.05, 0) is 36.4 Å². The molecular weight excluding hydrogens is 530 g/mol. The number of amides is 5. The van der Waals surface area contributed by atoms with E-state index in [9.17, 15) is 28.0 Å². The predicted octanol–water partition coefficient (Wildman–Crippen LogP) is 2.11. The second-order valence-electron chi connectivity index (χ2n) is 9.18. The summed E-state index contributed by atoms with van der Waals surface area (Å²) in [5.74, 6) is -3.25. The van der Waals surface area contributed by atoms with E-state index < -0.39 is 47.6 Å². The number of anilines is 1. The molecule has 10 nitrogen and oxygen atoms in total. The van der Waals surface area contributed by atoms with E-state index in [1.54, 1.807) is 12.5 Å². The molecule has 206 valence electrons. The van der Waals surface area contributed by atoms with Crippen LogP contribution in [0.1, 0.15) is 12.0 Å². The lowest BCUT2D eigenvalue weighted by Gasteiger charge is -2.25. The van der Waals surface area contributed by atoms with Gasteiger partial charge in [0.05, 0.1) is 17.5 Å². The molecule has 2 aromatic carbocycles. The minimum Gasteiger partial charge on any atom is -0.368 e. The Morgan fingerprint density at radius 1 is 1.18 bits per heavy atom. The first-order valence-electron chi connectivity index (χ1n) is 12.1. The Hall–Kier alpha value is -4.13. The van der Waals surface area contributed by atoms with Crippen molar-refractivity contribution in [1.82, 2.24) is 20.5 Å². The summed E-state index contributed by atoms with van der Waals surface area (Å²) in [5, 5.41) is 8.49. The molecule has 5 amide bonds. The standard InChI is InChI=1S/C26H28F2N6O4S/c1-39-13-23(35)34-12-16(31-26(38)33-20-7-6-15(27)9-18(20)28)10-22(34)25(37)32-21(24(29)36)8-14-11-30-19-5-3-2-4-17(14)19/h2-7,9,11,16,21-22,30H,8,10,12-13H2,1H3,(H2,29,36)(H,32,37)(H2,31,33,38)/t16-,21+,22-/m0/s1. The van der Waals surface area contributed by atoms with E-state index in [1.807, 2.05) is 24.3 Å². The number of aromatic amines is 1. The van der Waals surface area contributed by atoms with Gasteiger partial charge < -0.3 is 31.6 Å². The van der Waals surface area contributed by atoms with E-state index in [4.69, 9.17) is 5.73 Å². The van der Waals surface area contributed by atoms with Gasteiger partial charge in [0.1, 0.15) is 23.7 Å². The van der Waals surface area contributed by atoms with Crippen molar-refractivity contribution < 1.29 is 28.0 Å². The van der Waals surface area contributed by atoms with Crippen molar-refractivity contribution in [3.8, 4) is 0 Å². The molecule has 1 aromatic heterocycles. The van der Waals surface area contributed by atoms with Gasteiger partial charge in [-0.25, -0.2) is 13.6 Å². The number of hydrogen-bond donors (Lipinski definition) is 5. The van der Waals surface area contributed by atoms with Crippen molar-refractivity contribution in [2.45, 2.75) is 31.0 Å². The van der Waals surface area contributed by atoms with Gasteiger partial charge >= 0.3 is 6.03 Å². The van der Waals surface area contributed by atoms with Gasteiger partial charge in [-0.15, -0.1) is 0 Å². The molecule has 1 aliphatic heterocycles.